The molecule has 0 fully saturated rings. The molecule has 142 valence electrons. The third kappa shape index (κ3) is 3.95. The molecule has 13 heteroatoms. The van der Waals surface area contributed by atoms with Crippen LogP contribution in [0.15, 0.2) is 22.8 Å². The van der Waals surface area contributed by atoms with E-state index in [1.165, 1.54) is 0 Å². The summed E-state index contributed by atoms with van der Waals surface area (Å²) in [5.74, 6) is -1.87. The highest BCUT2D eigenvalue weighted by Gasteiger charge is 2.34. The minimum absolute atomic E-state index is 0.184. The average molecular weight is 449 g/mol. The number of anilines is 1. The normalized spacial score (nSPS) is 11.0. The van der Waals surface area contributed by atoms with E-state index < -0.39 is 34.4 Å². The lowest BCUT2D eigenvalue weighted by Crippen LogP contribution is -2.18. The first kappa shape index (κ1) is 20.0. The van der Waals surface area contributed by atoms with Gasteiger partial charge >= 0.3 is 12.3 Å². The van der Waals surface area contributed by atoms with Crippen LogP contribution in [0.5, 0.6) is 5.75 Å². The molecule has 2 N–H and O–H groups in total. The number of rotatable bonds is 4. The predicted octanol–water partition coefficient (Wildman–Crippen LogP) is 3.29. The topological polar surface area (TPSA) is 133 Å². The predicted molar refractivity (Wildman–Crippen MR) is 87.3 cm³/mol. The Bertz CT molecular complexity index is 981. The Labute approximate surface area is 157 Å². The van der Waals surface area contributed by atoms with Gasteiger partial charge in [0.15, 0.2) is 11.4 Å². The molecule has 0 aliphatic heterocycles. The summed E-state index contributed by atoms with van der Waals surface area (Å²) < 4.78 is 46.3. The van der Waals surface area contributed by atoms with Crippen LogP contribution in [0.2, 0.25) is 0 Å². The van der Waals surface area contributed by atoms with Gasteiger partial charge in [-0.05, 0) is 22.0 Å². The zero-order valence-electron chi connectivity index (χ0n) is 13.2. The Morgan fingerprint density at radius 3 is 2.56 bits per heavy atom. The number of hydrogen-bond acceptors (Lipinski definition) is 7. The second kappa shape index (κ2) is 7.16. The number of aromatic nitrogens is 1. The lowest BCUT2D eigenvalue weighted by atomic mass is 10.2. The molecule has 0 amide bonds. The van der Waals surface area contributed by atoms with Gasteiger partial charge in [-0.1, -0.05) is 0 Å². The number of nitrogens with zero attached hydrogens (tertiary/aromatic N) is 3. The van der Waals surface area contributed by atoms with Crippen LogP contribution in [-0.4, -0.2) is 28.9 Å². The number of ether oxygens (including phenoxy) is 2. The van der Waals surface area contributed by atoms with E-state index in [2.05, 4.69) is 25.4 Å². The number of nitrogens with two attached hydrogens (primary N) is 1. The van der Waals surface area contributed by atoms with Gasteiger partial charge in [0, 0.05) is 6.20 Å². The molecule has 0 atom stereocenters. The van der Waals surface area contributed by atoms with Crippen molar-refractivity contribution in [2.45, 2.75) is 6.36 Å². The van der Waals surface area contributed by atoms with Crippen LogP contribution >= 0.6 is 15.9 Å². The molecule has 2 aromatic rings. The van der Waals surface area contributed by atoms with Crippen LogP contribution in [0.4, 0.5) is 24.5 Å². The van der Waals surface area contributed by atoms with Crippen molar-refractivity contribution < 1.29 is 32.4 Å². The maximum atomic E-state index is 12.5. The number of hydrogen-bond donors (Lipinski definition) is 1. The first-order valence-electron chi connectivity index (χ1n) is 6.73. The Kier molecular flexibility index (Phi) is 5.31. The van der Waals surface area contributed by atoms with Crippen molar-refractivity contribution in [2.75, 3.05) is 12.8 Å². The van der Waals surface area contributed by atoms with Crippen molar-refractivity contribution in [3.05, 3.63) is 44.2 Å². The van der Waals surface area contributed by atoms with E-state index in [1.807, 2.05) is 0 Å². The van der Waals surface area contributed by atoms with E-state index in [4.69, 9.17) is 11.0 Å². The molecule has 0 bridgehead atoms. The number of nitriles is 1. The molecular formula is C14H8BrF3N4O5. The molecule has 1 heterocycles. The third-order valence-electron chi connectivity index (χ3n) is 3.25. The fourth-order valence-corrected chi connectivity index (χ4v) is 2.59. The number of nitrogen functional groups attached to an aromatic ring is 1. The Morgan fingerprint density at radius 2 is 2.07 bits per heavy atom. The molecular weight excluding hydrogens is 441 g/mol. The van der Waals surface area contributed by atoms with Crippen LogP contribution in [-0.2, 0) is 4.74 Å². The number of carbonyl (C=O) groups excluding carboxylic acids is 1. The largest absolute Gasteiger partial charge is 0.573 e. The first-order chi connectivity index (χ1) is 12.5. The molecule has 1 aromatic heterocycles. The first-order valence-corrected chi connectivity index (χ1v) is 7.52. The zero-order valence-corrected chi connectivity index (χ0v) is 14.8. The summed E-state index contributed by atoms with van der Waals surface area (Å²) in [5.41, 5.74) is 3.66. The van der Waals surface area contributed by atoms with Crippen molar-refractivity contribution in [1.29, 1.82) is 5.26 Å². The molecule has 1 aromatic carbocycles. The van der Waals surface area contributed by atoms with E-state index >= 15 is 0 Å². The van der Waals surface area contributed by atoms with Gasteiger partial charge in [0.25, 0.3) is 5.69 Å². The number of esters is 1. The second-order valence-electron chi connectivity index (χ2n) is 4.85. The SMILES string of the molecule is COC(=O)c1c(N)c(C#N)cn1-c1cc(Br)c(OC(F)(F)F)cc1[N+](=O)[O-]. The van der Waals surface area contributed by atoms with Crippen molar-refractivity contribution in [3.8, 4) is 17.5 Å². The van der Waals surface area contributed by atoms with Crippen LogP contribution in [0.1, 0.15) is 16.1 Å². The molecule has 9 nitrogen and oxygen atoms in total. The fraction of sp³-hybridized carbons (Fsp3) is 0.143. The summed E-state index contributed by atoms with van der Waals surface area (Å²) in [4.78, 5) is 22.4. The van der Waals surface area contributed by atoms with E-state index in [0.29, 0.717) is 6.07 Å². The van der Waals surface area contributed by atoms with Gasteiger partial charge in [-0.25, -0.2) is 4.79 Å². The van der Waals surface area contributed by atoms with Crippen LogP contribution in [0.25, 0.3) is 5.69 Å². The lowest BCUT2D eigenvalue weighted by molar-refractivity contribution is -0.384. The number of carbonyl (C=O) groups is 1. The number of benzene rings is 1. The number of methoxy groups -OCH3 is 1. The number of nitro groups is 1. The highest BCUT2D eigenvalue weighted by molar-refractivity contribution is 9.10. The fourth-order valence-electron chi connectivity index (χ4n) is 2.18. The van der Waals surface area contributed by atoms with E-state index in [0.717, 1.165) is 23.9 Å². The highest BCUT2D eigenvalue weighted by Crippen LogP contribution is 2.39. The standard InChI is InChI=1S/C14H8BrF3N4O5/c1-26-13(23)12-11(20)6(4-19)5-21(12)8-2-7(15)10(27-14(16,17)18)3-9(8)22(24)25/h2-3,5H,20H2,1H3. The smallest absolute Gasteiger partial charge is 0.464 e. The summed E-state index contributed by atoms with van der Waals surface area (Å²) in [6, 6.07) is 3.15. The van der Waals surface area contributed by atoms with Gasteiger partial charge in [-0.3, -0.25) is 10.1 Å². The minimum Gasteiger partial charge on any atom is -0.464 e. The molecule has 0 aliphatic rings. The third-order valence-corrected chi connectivity index (χ3v) is 3.87. The highest BCUT2D eigenvalue weighted by atomic mass is 79.9. The Hall–Kier alpha value is -3.27. The molecule has 27 heavy (non-hydrogen) atoms. The van der Waals surface area contributed by atoms with Gasteiger partial charge in [0.2, 0.25) is 0 Å². The second-order valence-corrected chi connectivity index (χ2v) is 5.71. The maximum absolute atomic E-state index is 12.5. The monoisotopic (exact) mass is 448 g/mol. The minimum atomic E-state index is -5.08. The van der Waals surface area contributed by atoms with E-state index in [9.17, 15) is 28.1 Å². The van der Waals surface area contributed by atoms with Crippen LogP contribution in [0.3, 0.4) is 0 Å². The van der Waals surface area contributed by atoms with Crippen LogP contribution in [0, 0.1) is 21.4 Å². The average Bonchev–Trinajstić information content (AvgIpc) is 2.90. The van der Waals surface area contributed by atoms with Gasteiger partial charge in [-0.2, -0.15) is 5.26 Å². The van der Waals surface area contributed by atoms with Gasteiger partial charge in [-0.15, -0.1) is 13.2 Å². The molecule has 0 unspecified atom stereocenters. The summed E-state index contributed by atoms with van der Waals surface area (Å²) >= 11 is 2.83. The number of nitro benzene ring substituents is 1. The van der Waals surface area contributed by atoms with E-state index in [1.54, 1.807) is 6.07 Å². The summed E-state index contributed by atoms with van der Waals surface area (Å²) in [6.07, 6.45) is -4.05. The van der Waals surface area contributed by atoms with Crippen molar-refractivity contribution in [3.63, 3.8) is 0 Å². The zero-order chi connectivity index (χ0) is 20.5. The Morgan fingerprint density at radius 1 is 1.44 bits per heavy atom. The lowest BCUT2D eigenvalue weighted by Gasteiger charge is -2.14. The van der Waals surface area contributed by atoms with Crippen molar-refractivity contribution in [2.24, 2.45) is 0 Å². The quantitative estimate of drug-likeness (QED) is 0.430. The number of halogens is 4. The Balaban J connectivity index is 2.80. The van der Waals surface area contributed by atoms with Crippen LogP contribution < -0.4 is 10.5 Å². The summed E-state index contributed by atoms with van der Waals surface area (Å²) in [6.45, 7) is 0. The molecule has 0 aliphatic carbocycles. The van der Waals surface area contributed by atoms with Crippen molar-refractivity contribution >= 4 is 33.3 Å². The van der Waals surface area contributed by atoms with Gasteiger partial charge < -0.3 is 19.8 Å². The van der Waals surface area contributed by atoms with Crippen molar-refractivity contribution in [1.82, 2.24) is 4.57 Å². The maximum Gasteiger partial charge on any atom is 0.573 e. The molecule has 0 saturated carbocycles. The number of alkyl halides is 3. The van der Waals surface area contributed by atoms with E-state index in [-0.39, 0.29) is 21.4 Å². The molecule has 0 radical (unpaired) electrons. The van der Waals surface area contributed by atoms with Gasteiger partial charge in [0.1, 0.15) is 11.8 Å². The summed E-state index contributed by atoms with van der Waals surface area (Å²) in [7, 11) is 1.02. The van der Waals surface area contributed by atoms with Gasteiger partial charge in [0.05, 0.1) is 33.8 Å². The molecule has 2 rings (SSSR count). The molecule has 0 spiro atoms. The molecule has 0 saturated heterocycles. The summed E-state index contributed by atoms with van der Waals surface area (Å²) in [5, 5.41) is 20.4.